The van der Waals surface area contributed by atoms with Crippen LogP contribution in [0.15, 0.2) is 61.2 Å². The van der Waals surface area contributed by atoms with Gasteiger partial charge in [-0.1, -0.05) is 49.9 Å². The summed E-state index contributed by atoms with van der Waals surface area (Å²) in [6.45, 7) is 9.46. The van der Waals surface area contributed by atoms with Gasteiger partial charge in [-0.15, -0.1) is 0 Å². The zero-order chi connectivity index (χ0) is 26.4. The summed E-state index contributed by atoms with van der Waals surface area (Å²) in [5.41, 5.74) is 8.15. The van der Waals surface area contributed by atoms with Crippen molar-refractivity contribution in [2.75, 3.05) is 0 Å². The summed E-state index contributed by atoms with van der Waals surface area (Å²) in [6, 6.07) is 19.1. The van der Waals surface area contributed by atoms with E-state index in [4.69, 9.17) is 4.98 Å². The van der Waals surface area contributed by atoms with E-state index in [9.17, 15) is 9.59 Å². The van der Waals surface area contributed by atoms with E-state index in [2.05, 4.69) is 43.8 Å². The molecule has 192 valence electrons. The van der Waals surface area contributed by atoms with Gasteiger partial charge >= 0.3 is 0 Å². The van der Waals surface area contributed by atoms with E-state index in [1.807, 2.05) is 24.3 Å². The van der Waals surface area contributed by atoms with Crippen molar-refractivity contribution in [2.45, 2.75) is 72.1 Å². The maximum atomic E-state index is 12.6. The van der Waals surface area contributed by atoms with Gasteiger partial charge < -0.3 is 0 Å². The predicted molar refractivity (Wildman–Crippen MR) is 153 cm³/mol. The molecule has 1 aromatic heterocycles. The Morgan fingerprint density at radius 1 is 0.973 bits per heavy atom. The molecule has 2 aromatic carbocycles. The zero-order valence-electron chi connectivity index (χ0n) is 22.6. The summed E-state index contributed by atoms with van der Waals surface area (Å²) in [7, 11) is 0. The van der Waals surface area contributed by atoms with Gasteiger partial charge in [0.15, 0.2) is 5.78 Å². The summed E-state index contributed by atoms with van der Waals surface area (Å²) < 4.78 is 0. The Balaban J connectivity index is 1.50. The molecule has 1 aliphatic rings. The molecule has 3 nitrogen and oxygen atoms in total. The van der Waals surface area contributed by atoms with Gasteiger partial charge in [0.05, 0.1) is 5.69 Å². The van der Waals surface area contributed by atoms with Crippen LogP contribution in [-0.2, 0) is 24.1 Å². The first-order chi connectivity index (χ1) is 17.9. The van der Waals surface area contributed by atoms with Gasteiger partial charge in [0.1, 0.15) is 5.78 Å². The summed E-state index contributed by atoms with van der Waals surface area (Å²) in [5.74, 6) is 1.44. The van der Waals surface area contributed by atoms with Crippen LogP contribution in [0.25, 0.3) is 17.3 Å². The van der Waals surface area contributed by atoms with Crippen LogP contribution >= 0.6 is 0 Å². The summed E-state index contributed by atoms with van der Waals surface area (Å²) in [6.07, 6.45) is 10.1. The van der Waals surface area contributed by atoms with Gasteiger partial charge in [-0.25, -0.2) is 0 Å². The third kappa shape index (κ3) is 6.71. The fourth-order valence-corrected chi connectivity index (χ4v) is 5.71. The Morgan fingerprint density at radius 3 is 2.30 bits per heavy atom. The highest BCUT2D eigenvalue weighted by Gasteiger charge is 2.23. The van der Waals surface area contributed by atoms with Crippen LogP contribution in [0, 0.1) is 11.8 Å². The molecule has 1 aliphatic carbocycles. The minimum atomic E-state index is 0.0582. The Bertz CT molecular complexity index is 1260. The van der Waals surface area contributed by atoms with Gasteiger partial charge in [-0.2, -0.15) is 0 Å². The number of rotatable bonds is 10. The van der Waals surface area contributed by atoms with E-state index in [-0.39, 0.29) is 5.78 Å². The molecule has 0 unspecified atom stereocenters. The average molecular weight is 494 g/mol. The van der Waals surface area contributed by atoms with Gasteiger partial charge in [0.2, 0.25) is 0 Å². The van der Waals surface area contributed by atoms with Gasteiger partial charge in [0, 0.05) is 22.7 Å². The predicted octanol–water partition coefficient (Wildman–Crippen LogP) is 8.08. The van der Waals surface area contributed by atoms with Crippen LogP contribution in [0.3, 0.4) is 0 Å². The minimum absolute atomic E-state index is 0.0582. The minimum Gasteiger partial charge on any atom is -0.300 e. The molecule has 0 bridgehead atoms. The number of nitrogens with zero attached hydrogens (tertiary/aromatic N) is 1. The SMILES string of the molecule is C=Cc1cc(-c2cccc(CC)n2)cc(Cc2ccc(CCC3CCC(C(C)=O)CC3)cc2)c1C(C)=O. The fraction of sp³-hybridized carbons (Fsp3) is 0.382. The van der Waals surface area contributed by atoms with Crippen molar-refractivity contribution in [1.29, 1.82) is 0 Å². The lowest BCUT2D eigenvalue weighted by molar-refractivity contribution is -0.121. The zero-order valence-corrected chi connectivity index (χ0v) is 22.6. The molecule has 1 heterocycles. The van der Waals surface area contributed by atoms with Crippen molar-refractivity contribution < 1.29 is 9.59 Å². The lowest BCUT2D eigenvalue weighted by atomic mass is 9.78. The molecular weight excluding hydrogens is 454 g/mol. The van der Waals surface area contributed by atoms with E-state index in [1.54, 1.807) is 19.9 Å². The maximum absolute atomic E-state index is 12.6. The molecular formula is C34H39NO2. The second-order valence-corrected chi connectivity index (χ2v) is 10.6. The first-order valence-electron chi connectivity index (χ1n) is 13.7. The standard InChI is InChI=1S/C34H39NO2/c1-5-28-21-30(33-9-7-8-32(6-2)35-33)22-31(34(28)24(4)37)20-27-14-12-25(13-15-27)10-11-26-16-18-29(19-17-26)23(3)36/h5,7-9,12-15,21-22,26,29H,1,6,10-11,16-20H2,2-4H3. The van der Waals surface area contributed by atoms with E-state index in [0.29, 0.717) is 18.1 Å². The third-order valence-corrected chi connectivity index (χ3v) is 7.97. The van der Waals surface area contributed by atoms with Gasteiger partial charge in [-0.05, 0) is 118 Å². The van der Waals surface area contributed by atoms with Crippen LogP contribution in [-0.4, -0.2) is 16.6 Å². The molecule has 1 saturated carbocycles. The van der Waals surface area contributed by atoms with Crippen LogP contribution in [0.5, 0.6) is 0 Å². The molecule has 0 amide bonds. The number of carbonyl (C=O) groups is 2. The summed E-state index contributed by atoms with van der Waals surface area (Å²) in [4.78, 5) is 29.1. The Labute approximate surface area is 222 Å². The number of carbonyl (C=O) groups excluding carboxylic acids is 2. The van der Waals surface area contributed by atoms with Crippen LogP contribution < -0.4 is 0 Å². The second-order valence-electron chi connectivity index (χ2n) is 10.6. The van der Waals surface area contributed by atoms with Gasteiger partial charge in [0.25, 0.3) is 0 Å². The lowest BCUT2D eigenvalue weighted by Crippen LogP contribution is -2.20. The normalized spacial score (nSPS) is 17.4. The Morgan fingerprint density at radius 2 is 1.68 bits per heavy atom. The number of ketones is 2. The second kappa shape index (κ2) is 12.3. The van der Waals surface area contributed by atoms with Crippen LogP contribution in [0.4, 0.5) is 0 Å². The van der Waals surface area contributed by atoms with Crippen molar-refractivity contribution in [2.24, 2.45) is 11.8 Å². The highest BCUT2D eigenvalue weighted by molar-refractivity contribution is 6.00. The van der Waals surface area contributed by atoms with E-state index in [1.165, 1.54) is 30.4 Å². The Hall–Kier alpha value is -3.33. The van der Waals surface area contributed by atoms with E-state index < -0.39 is 0 Å². The molecule has 0 aliphatic heterocycles. The van der Waals surface area contributed by atoms with Crippen molar-refractivity contribution >= 4 is 17.6 Å². The molecule has 0 N–H and O–H groups in total. The van der Waals surface area contributed by atoms with Crippen molar-refractivity contribution in [3.8, 4) is 11.3 Å². The molecule has 4 rings (SSSR count). The van der Waals surface area contributed by atoms with E-state index in [0.717, 1.165) is 65.2 Å². The third-order valence-electron chi connectivity index (χ3n) is 7.97. The number of Topliss-reactive ketones (excluding diaryl/α,β-unsaturated/α-hetero) is 2. The first kappa shape index (κ1) is 26.7. The number of hydrogen-bond acceptors (Lipinski definition) is 3. The van der Waals surface area contributed by atoms with Crippen molar-refractivity contribution in [3.63, 3.8) is 0 Å². The smallest absolute Gasteiger partial charge is 0.160 e. The molecule has 0 spiro atoms. The maximum Gasteiger partial charge on any atom is 0.160 e. The topological polar surface area (TPSA) is 47.0 Å². The summed E-state index contributed by atoms with van der Waals surface area (Å²) in [5, 5.41) is 0. The van der Waals surface area contributed by atoms with Crippen LogP contribution in [0.2, 0.25) is 0 Å². The summed E-state index contributed by atoms with van der Waals surface area (Å²) >= 11 is 0. The molecule has 0 saturated heterocycles. The number of pyridine rings is 1. The number of aryl methyl sites for hydroxylation is 2. The molecule has 1 fully saturated rings. The monoisotopic (exact) mass is 493 g/mol. The largest absolute Gasteiger partial charge is 0.300 e. The highest BCUT2D eigenvalue weighted by atomic mass is 16.1. The average Bonchev–Trinajstić information content (AvgIpc) is 2.92. The fourth-order valence-electron chi connectivity index (χ4n) is 5.71. The molecule has 3 heteroatoms. The van der Waals surface area contributed by atoms with E-state index >= 15 is 0 Å². The number of hydrogen-bond donors (Lipinski definition) is 0. The molecule has 0 radical (unpaired) electrons. The number of aromatic nitrogens is 1. The number of benzene rings is 2. The first-order valence-corrected chi connectivity index (χ1v) is 13.7. The quantitative estimate of drug-likeness (QED) is 0.268. The van der Waals surface area contributed by atoms with Gasteiger partial charge in [-0.3, -0.25) is 14.6 Å². The molecule has 3 aromatic rings. The van der Waals surface area contributed by atoms with Crippen LogP contribution in [0.1, 0.15) is 91.2 Å². The molecule has 0 atom stereocenters. The molecule has 37 heavy (non-hydrogen) atoms. The van der Waals surface area contributed by atoms with Crippen molar-refractivity contribution in [3.05, 3.63) is 94.7 Å². The lowest BCUT2D eigenvalue weighted by Gasteiger charge is -2.27. The highest BCUT2D eigenvalue weighted by Crippen LogP contribution is 2.32. The van der Waals surface area contributed by atoms with Crippen molar-refractivity contribution in [1.82, 2.24) is 4.98 Å². The Kier molecular flexibility index (Phi) is 8.87.